The van der Waals surface area contributed by atoms with Gasteiger partial charge in [0.1, 0.15) is 0 Å². The van der Waals surface area contributed by atoms with Gasteiger partial charge in [-0.2, -0.15) is 0 Å². The highest BCUT2D eigenvalue weighted by atomic mass is 16.6. The summed E-state index contributed by atoms with van der Waals surface area (Å²) in [6.45, 7) is 0. The first kappa shape index (κ1) is 11.1. The Bertz CT molecular complexity index is 541. The van der Waals surface area contributed by atoms with E-state index in [1.54, 1.807) is 24.5 Å². The maximum atomic E-state index is 10.7. The standard InChI is InChI=1S/C12H10N2O3/c1-17-12-7-9(4-5-11(12)14(15)16)10-3-2-6-13-8-10/h2-8H,1H3. The average Bonchev–Trinajstić information content (AvgIpc) is 2.39. The number of benzene rings is 1. The Balaban J connectivity index is 2.49. The van der Waals surface area contributed by atoms with Crippen LogP contribution < -0.4 is 4.74 Å². The summed E-state index contributed by atoms with van der Waals surface area (Å²) in [5.41, 5.74) is 1.68. The third kappa shape index (κ3) is 2.23. The van der Waals surface area contributed by atoms with Crippen LogP contribution in [0.4, 0.5) is 5.69 Å². The molecule has 0 bridgehead atoms. The number of nitrogens with zero attached hydrogens (tertiary/aromatic N) is 2. The zero-order valence-electron chi connectivity index (χ0n) is 9.16. The Morgan fingerprint density at radius 2 is 2.12 bits per heavy atom. The van der Waals surface area contributed by atoms with Gasteiger partial charge in [0.25, 0.3) is 0 Å². The van der Waals surface area contributed by atoms with Gasteiger partial charge in [-0.05, 0) is 23.8 Å². The second-order valence-corrected chi connectivity index (χ2v) is 3.39. The first-order chi connectivity index (χ1) is 8.22. The summed E-state index contributed by atoms with van der Waals surface area (Å²) in [5, 5.41) is 10.7. The number of nitro groups is 1. The average molecular weight is 230 g/mol. The maximum absolute atomic E-state index is 10.7. The number of methoxy groups -OCH3 is 1. The molecule has 5 heteroatoms. The molecule has 1 aromatic heterocycles. The molecule has 17 heavy (non-hydrogen) atoms. The second kappa shape index (κ2) is 4.61. The van der Waals surface area contributed by atoms with Crippen molar-refractivity contribution in [3.8, 4) is 16.9 Å². The zero-order chi connectivity index (χ0) is 12.3. The van der Waals surface area contributed by atoms with Crippen LogP contribution in [0.3, 0.4) is 0 Å². The van der Waals surface area contributed by atoms with Crippen molar-refractivity contribution in [2.45, 2.75) is 0 Å². The SMILES string of the molecule is COc1cc(-c2cccnc2)ccc1[N+](=O)[O-]. The molecular formula is C12H10N2O3. The summed E-state index contributed by atoms with van der Waals surface area (Å²) in [6, 6.07) is 8.44. The van der Waals surface area contributed by atoms with Gasteiger partial charge in [-0.3, -0.25) is 15.1 Å². The van der Waals surface area contributed by atoms with Crippen LogP contribution in [0.5, 0.6) is 5.75 Å². The van der Waals surface area contributed by atoms with Crippen LogP contribution in [0.2, 0.25) is 0 Å². The minimum Gasteiger partial charge on any atom is -0.490 e. The van der Waals surface area contributed by atoms with Gasteiger partial charge in [0.05, 0.1) is 12.0 Å². The Morgan fingerprint density at radius 1 is 1.29 bits per heavy atom. The van der Waals surface area contributed by atoms with E-state index in [1.807, 2.05) is 12.1 Å². The van der Waals surface area contributed by atoms with E-state index in [2.05, 4.69) is 4.98 Å². The number of hydrogen-bond donors (Lipinski definition) is 0. The van der Waals surface area contributed by atoms with Gasteiger partial charge >= 0.3 is 5.69 Å². The predicted molar refractivity (Wildman–Crippen MR) is 62.9 cm³/mol. The van der Waals surface area contributed by atoms with Gasteiger partial charge in [0.15, 0.2) is 5.75 Å². The van der Waals surface area contributed by atoms with Crippen LogP contribution in [0.25, 0.3) is 11.1 Å². The lowest BCUT2D eigenvalue weighted by Gasteiger charge is -2.05. The van der Waals surface area contributed by atoms with Crippen molar-refractivity contribution in [1.82, 2.24) is 4.98 Å². The van der Waals surface area contributed by atoms with E-state index in [0.717, 1.165) is 11.1 Å². The second-order valence-electron chi connectivity index (χ2n) is 3.39. The molecule has 2 rings (SSSR count). The highest BCUT2D eigenvalue weighted by molar-refractivity contribution is 5.67. The lowest BCUT2D eigenvalue weighted by atomic mass is 10.1. The number of rotatable bonds is 3. The molecule has 0 fully saturated rings. The largest absolute Gasteiger partial charge is 0.490 e. The number of ether oxygens (including phenoxy) is 1. The fraction of sp³-hybridized carbons (Fsp3) is 0.0833. The first-order valence-corrected chi connectivity index (χ1v) is 4.95. The summed E-state index contributed by atoms with van der Waals surface area (Å²) in [4.78, 5) is 14.3. The molecule has 5 nitrogen and oxygen atoms in total. The highest BCUT2D eigenvalue weighted by Gasteiger charge is 2.14. The molecule has 0 saturated heterocycles. The predicted octanol–water partition coefficient (Wildman–Crippen LogP) is 2.67. The molecule has 0 atom stereocenters. The molecule has 0 amide bonds. The van der Waals surface area contributed by atoms with Crippen LogP contribution in [0, 0.1) is 10.1 Å². The van der Waals surface area contributed by atoms with Gasteiger partial charge in [-0.1, -0.05) is 6.07 Å². The molecule has 0 aliphatic carbocycles. The number of aromatic nitrogens is 1. The van der Waals surface area contributed by atoms with E-state index < -0.39 is 4.92 Å². The fourth-order valence-electron chi connectivity index (χ4n) is 1.54. The quantitative estimate of drug-likeness (QED) is 0.600. The summed E-state index contributed by atoms with van der Waals surface area (Å²) >= 11 is 0. The van der Waals surface area contributed by atoms with E-state index >= 15 is 0 Å². The maximum Gasteiger partial charge on any atom is 0.310 e. The Labute approximate surface area is 97.8 Å². The first-order valence-electron chi connectivity index (χ1n) is 4.95. The molecule has 86 valence electrons. The molecule has 0 radical (unpaired) electrons. The van der Waals surface area contributed by atoms with Gasteiger partial charge in [0, 0.05) is 24.0 Å². The van der Waals surface area contributed by atoms with Crippen LogP contribution in [-0.2, 0) is 0 Å². The van der Waals surface area contributed by atoms with Gasteiger partial charge < -0.3 is 4.74 Å². The summed E-state index contributed by atoms with van der Waals surface area (Å²) in [7, 11) is 1.41. The van der Waals surface area contributed by atoms with Crippen LogP contribution in [0.15, 0.2) is 42.7 Å². The third-order valence-electron chi connectivity index (χ3n) is 2.37. The third-order valence-corrected chi connectivity index (χ3v) is 2.37. The monoisotopic (exact) mass is 230 g/mol. The number of nitro benzene ring substituents is 1. The summed E-state index contributed by atoms with van der Waals surface area (Å²) in [6.07, 6.45) is 3.37. The van der Waals surface area contributed by atoms with E-state index in [1.165, 1.54) is 13.2 Å². The lowest BCUT2D eigenvalue weighted by molar-refractivity contribution is -0.385. The van der Waals surface area contributed by atoms with E-state index in [0.29, 0.717) is 0 Å². The van der Waals surface area contributed by atoms with Crippen molar-refractivity contribution in [1.29, 1.82) is 0 Å². The summed E-state index contributed by atoms with van der Waals surface area (Å²) < 4.78 is 5.01. The van der Waals surface area contributed by atoms with E-state index in [4.69, 9.17) is 4.74 Å². The Kier molecular flexibility index (Phi) is 3.00. The smallest absolute Gasteiger partial charge is 0.310 e. The van der Waals surface area contributed by atoms with E-state index in [9.17, 15) is 10.1 Å². The molecular weight excluding hydrogens is 220 g/mol. The van der Waals surface area contributed by atoms with Crippen molar-refractivity contribution in [3.05, 3.63) is 52.8 Å². The number of pyridine rings is 1. The molecule has 0 aliphatic rings. The topological polar surface area (TPSA) is 65.3 Å². The van der Waals surface area contributed by atoms with Gasteiger partial charge in [-0.25, -0.2) is 0 Å². The van der Waals surface area contributed by atoms with Crippen LogP contribution in [0.1, 0.15) is 0 Å². The molecule has 0 aliphatic heterocycles. The minimum atomic E-state index is -0.466. The molecule has 0 saturated carbocycles. The molecule has 2 aromatic rings. The van der Waals surface area contributed by atoms with Crippen LogP contribution in [-0.4, -0.2) is 17.0 Å². The van der Waals surface area contributed by atoms with Crippen molar-refractivity contribution in [2.24, 2.45) is 0 Å². The molecule has 1 heterocycles. The van der Waals surface area contributed by atoms with E-state index in [-0.39, 0.29) is 11.4 Å². The van der Waals surface area contributed by atoms with Gasteiger partial charge in [-0.15, -0.1) is 0 Å². The minimum absolute atomic E-state index is 0.0415. The van der Waals surface area contributed by atoms with Crippen molar-refractivity contribution in [3.63, 3.8) is 0 Å². The lowest BCUT2D eigenvalue weighted by Crippen LogP contribution is -1.94. The normalized spacial score (nSPS) is 9.94. The summed E-state index contributed by atoms with van der Waals surface area (Å²) in [5.74, 6) is 0.247. The van der Waals surface area contributed by atoms with Crippen molar-refractivity contribution >= 4 is 5.69 Å². The zero-order valence-corrected chi connectivity index (χ0v) is 9.16. The molecule has 1 aromatic carbocycles. The fourth-order valence-corrected chi connectivity index (χ4v) is 1.54. The Morgan fingerprint density at radius 3 is 2.71 bits per heavy atom. The number of hydrogen-bond acceptors (Lipinski definition) is 4. The molecule has 0 unspecified atom stereocenters. The van der Waals surface area contributed by atoms with Crippen LogP contribution >= 0.6 is 0 Å². The molecule has 0 spiro atoms. The molecule has 0 N–H and O–H groups in total. The Hall–Kier alpha value is -2.43. The van der Waals surface area contributed by atoms with Crippen molar-refractivity contribution in [2.75, 3.05) is 7.11 Å². The van der Waals surface area contributed by atoms with Gasteiger partial charge in [0.2, 0.25) is 0 Å². The van der Waals surface area contributed by atoms with Crippen molar-refractivity contribution < 1.29 is 9.66 Å². The highest BCUT2D eigenvalue weighted by Crippen LogP contribution is 2.31.